The number of carbonyl (C=O) groups excluding carboxylic acids is 1. The molecule has 3 N–H and O–H groups in total. The van der Waals surface area contributed by atoms with Crippen molar-refractivity contribution in [3.05, 3.63) is 29.8 Å². The first-order valence-corrected chi connectivity index (χ1v) is 9.82. The number of sulfonamides is 1. The Bertz CT molecular complexity index is 780. The molecule has 1 aliphatic heterocycles. The number of nitrogens with zero attached hydrogens (tertiary/aromatic N) is 2. The number of halogens is 1. The van der Waals surface area contributed by atoms with Gasteiger partial charge in [-0.15, -0.1) is 12.4 Å². The van der Waals surface area contributed by atoms with Gasteiger partial charge in [-0.2, -0.15) is 0 Å². The molecular weight excluding hydrogens is 376 g/mol. The summed E-state index contributed by atoms with van der Waals surface area (Å²) in [5, 5.41) is 0. The van der Waals surface area contributed by atoms with E-state index in [9.17, 15) is 13.2 Å². The number of rotatable bonds is 6. The lowest BCUT2D eigenvalue weighted by atomic mass is 10.0. The van der Waals surface area contributed by atoms with Crippen LogP contribution in [0.5, 0.6) is 0 Å². The molecule has 1 aromatic rings. The molecule has 0 saturated heterocycles. The van der Waals surface area contributed by atoms with E-state index in [2.05, 4.69) is 9.71 Å². The Morgan fingerprint density at radius 3 is 2.50 bits per heavy atom. The van der Waals surface area contributed by atoms with Crippen molar-refractivity contribution in [2.45, 2.75) is 44.2 Å². The first-order valence-electron chi connectivity index (χ1n) is 8.34. The summed E-state index contributed by atoms with van der Waals surface area (Å²) in [7, 11) is -1.89. The highest BCUT2D eigenvalue weighted by molar-refractivity contribution is 7.90. The Labute approximate surface area is 161 Å². The smallest absolute Gasteiger partial charge is 0.263 e. The van der Waals surface area contributed by atoms with Crippen molar-refractivity contribution in [1.29, 1.82) is 0 Å². The van der Waals surface area contributed by atoms with Crippen molar-refractivity contribution < 1.29 is 13.2 Å². The zero-order chi connectivity index (χ0) is 18.8. The number of hydrogen-bond acceptors (Lipinski definition) is 5. The zero-order valence-electron chi connectivity index (χ0n) is 15.5. The molecule has 1 heterocycles. The average Bonchev–Trinajstić information content (AvgIpc) is 2.82. The van der Waals surface area contributed by atoms with Gasteiger partial charge in [0.1, 0.15) is 11.9 Å². The highest BCUT2D eigenvalue weighted by Crippen LogP contribution is 2.22. The molecular formula is C17H27ClN4O3S. The lowest BCUT2D eigenvalue weighted by Crippen LogP contribution is -2.39. The first kappa shape index (κ1) is 22.4. The third-order valence-corrected chi connectivity index (χ3v) is 5.77. The van der Waals surface area contributed by atoms with E-state index in [0.717, 1.165) is 0 Å². The molecule has 1 amide bonds. The predicted molar refractivity (Wildman–Crippen MR) is 105 cm³/mol. The van der Waals surface area contributed by atoms with Gasteiger partial charge in [-0.05, 0) is 31.4 Å². The van der Waals surface area contributed by atoms with Gasteiger partial charge in [0.15, 0.2) is 0 Å². The summed E-state index contributed by atoms with van der Waals surface area (Å²) in [6.07, 6.45) is 0.707. The summed E-state index contributed by atoms with van der Waals surface area (Å²) in [4.78, 5) is 18.6. The molecule has 2 atom stereocenters. The van der Waals surface area contributed by atoms with Crippen LogP contribution in [0.3, 0.4) is 0 Å². The average molecular weight is 403 g/mol. The number of likely N-dealkylation sites (N-methyl/N-ethyl adjacent to an activating group) is 1. The molecule has 0 radical (unpaired) electrons. The van der Waals surface area contributed by atoms with E-state index >= 15 is 0 Å². The Morgan fingerprint density at radius 1 is 1.27 bits per heavy atom. The molecule has 0 aromatic heterocycles. The van der Waals surface area contributed by atoms with Gasteiger partial charge in [0.25, 0.3) is 10.0 Å². The van der Waals surface area contributed by atoms with E-state index in [-0.39, 0.29) is 35.1 Å². The van der Waals surface area contributed by atoms with E-state index < -0.39 is 16.1 Å². The summed E-state index contributed by atoms with van der Waals surface area (Å²) in [5.41, 5.74) is 6.51. The largest absolute Gasteiger partial charge is 0.344 e. The van der Waals surface area contributed by atoms with Crippen molar-refractivity contribution in [1.82, 2.24) is 9.62 Å². The Kier molecular flexibility index (Phi) is 7.61. The highest BCUT2D eigenvalue weighted by Gasteiger charge is 2.31. The van der Waals surface area contributed by atoms with Gasteiger partial charge >= 0.3 is 0 Å². The third-order valence-electron chi connectivity index (χ3n) is 4.37. The van der Waals surface area contributed by atoms with Gasteiger partial charge in [0.05, 0.1) is 4.90 Å². The number of nitrogens with one attached hydrogen (secondary N) is 1. The van der Waals surface area contributed by atoms with Gasteiger partial charge in [0.2, 0.25) is 5.91 Å². The summed E-state index contributed by atoms with van der Waals surface area (Å²) >= 11 is 0. The molecule has 2 rings (SSSR count). The maximum absolute atomic E-state index is 12.5. The fourth-order valence-electron chi connectivity index (χ4n) is 2.58. The van der Waals surface area contributed by atoms with Crippen molar-refractivity contribution in [2.75, 3.05) is 13.6 Å². The summed E-state index contributed by atoms with van der Waals surface area (Å²) in [6.45, 7) is 6.29. The lowest BCUT2D eigenvalue weighted by Gasteiger charge is -2.23. The number of nitrogens with two attached hydrogens (primary N) is 1. The maximum atomic E-state index is 12.5. The zero-order valence-corrected chi connectivity index (χ0v) is 17.1. The molecule has 0 bridgehead atoms. The van der Waals surface area contributed by atoms with Crippen LogP contribution >= 0.6 is 12.4 Å². The number of aliphatic imine (C=N–C) groups is 1. The fourth-order valence-corrected chi connectivity index (χ4v) is 3.82. The van der Waals surface area contributed by atoms with Gasteiger partial charge in [0, 0.05) is 25.2 Å². The number of benzene rings is 1. The van der Waals surface area contributed by atoms with Crippen molar-refractivity contribution >= 4 is 34.2 Å². The van der Waals surface area contributed by atoms with Crippen molar-refractivity contribution in [3.63, 3.8) is 0 Å². The standard InChI is InChI=1S/C17H26N4O3S.ClH/c1-11(2)14(18)9-10-21(4)17(22)12(3)19-16-13-7-5-6-8-15(13)25(23,24)20-16;/h5-8,11-12,14H,9-10,18H2,1-4H3,(H,19,20);1H. The summed E-state index contributed by atoms with van der Waals surface area (Å²) in [5.74, 6) is 0.390. The molecule has 26 heavy (non-hydrogen) atoms. The van der Waals surface area contributed by atoms with Crippen LogP contribution < -0.4 is 10.5 Å². The van der Waals surface area contributed by atoms with E-state index in [4.69, 9.17) is 5.73 Å². The van der Waals surface area contributed by atoms with Crippen LogP contribution in [0.2, 0.25) is 0 Å². The molecule has 1 aliphatic rings. The van der Waals surface area contributed by atoms with Crippen LogP contribution in [0.25, 0.3) is 0 Å². The predicted octanol–water partition coefficient (Wildman–Crippen LogP) is 1.37. The molecule has 2 unspecified atom stereocenters. The van der Waals surface area contributed by atoms with E-state index in [1.165, 1.54) is 6.07 Å². The van der Waals surface area contributed by atoms with Crippen LogP contribution in [-0.2, 0) is 14.8 Å². The number of hydrogen-bond donors (Lipinski definition) is 2. The Balaban J connectivity index is 0.00000338. The Morgan fingerprint density at radius 2 is 1.88 bits per heavy atom. The van der Waals surface area contributed by atoms with Gasteiger partial charge in [-0.1, -0.05) is 26.0 Å². The SMILES string of the molecule is CC(N=C1NS(=O)(=O)c2ccccc21)C(=O)N(C)CCC(N)C(C)C.Cl. The van der Waals surface area contributed by atoms with Crippen LogP contribution in [0, 0.1) is 5.92 Å². The van der Waals surface area contributed by atoms with Crippen LogP contribution in [-0.4, -0.2) is 50.7 Å². The maximum Gasteiger partial charge on any atom is 0.263 e. The lowest BCUT2D eigenvalue weighted by molar-refractivity contribution is -0.130. The molecule has 1 aromatic carbocycles. The summed E-state index contributed by atoms with van der Waals surface area (Å²) < 4.78 is 26.6. The minimum Gasteiger partial charge on any atom is -0.344 e. The third kappa shape index (κ3) is 4.96. The summed E-state index contributed by atoms with van der Waals surface area (Å²) in [6, 6.07) is 5.93. The second kappa shape index (κ2) is 8.83. The molecule has 7 nitrogen and oxygen atoms in total. The van der Waals surface area contributed by atoms with E-state index in [0.29, 0.717) is 24.4 Å². The number of amidine groups is 1. The molecule has 146 valence electrons. The van der Waals surface area contributed by atoms with Gasteiger partial charge in [-0.25, -0.2) is 8.42 Å². The fraction of sp³-hybridized carbons (Fsp3) is 0.529. The topological polar surface area (TPSA) is 105 Å². The minimum atomic E-state index is -3.60. The van der Waals surface area contributed by atoms with E-state index in [1.54, 1.807) is 37.1 Å². The normalized spacial score (nSPS) is 18.6. The van der Waals surface area contributed by atoms with Gasteiger partial charge in [-0.3, -0.25) is 14.5 Å². The number of carbonyl (C=O) groups is 1. The second-order valence-corrected chi connectivity index (χ2v) is 8.36. The first-order chi connectivity index (χ1) is 11.6. The van der Waals surface area contributed by atoms with Crippen LogP contribution in [0.15, 0.2) is 34.2 Å². The van der Waals surface area contributed by atoms with Gasteiger partial charge < -0.3 is 10.6 Å². The van der Waals surface area contributed by atoms with E-state index in [1.807, 2.05) is 13.8 Å². The molecule has 0 fully saturated rings. The number of amides is 1. The van der Waals surface area contributed by atoms with Crippen LogP contribution in [0.1, 0.15) is 32.8 Å². The van der Waals surface area contributed by atoms with Crippen LogP contribution in [0.4, 0.5) is 0 Å². The highest BCUT2D eigenvalue weighted by atomic mass is 35.5. The minimum absolute atomic E-state index is 0. The molecule has 9 heteroatoms. The monoisotopic (exact) mass is 402 g/mol. The molecule has 0 aliphatic carbocycles. The van der Waals surface area contributed by atoms with Crippen molar-refractivity contribution in [3.8, 4) is 0 Å². The van der Waals surface area contributed by atoms with Crippen molar-refractivity contribution in [2.24, 2.45) is 16.6 Å². The second-order valence-electron chi connectivity index (χ2n) is 6.71. The number of fused-ring (bicyclic) bond motifs is 1. The quantitative estimate of drug-likeness (QED) is 0.749. The molecule has 0 saturated carbocycles. The molecule has 0 spiro atoms. The Hall–Kier alpha value is -1.64.